The fraction of sp³-hybridized carbons (Fsp3) is 0.432. The van der Waals surface area contributed by atoms with Crippen molar-refractivity contribution < 1.29 is 14.7 Å². The molecule has 0 bridgehead atoms. The molecule has 0 unspecified atom stereocenters. The highest BCUT2D eigenvalue weighted by Gasteiger charge is 2.23. The SMILES string of the molecule is CCCCCN(C(=O)NC1CCCCC1)c1ccc2nc(CCCC)n(-c3ccc(-c4ccccc4C(=O)O)c(C)c3)c2c1. The molecule has 4 aromatic rings. The number of aromatic nitrogens is 2. The lowest BCUT2D eigenvalue weighted by Gasteiger charge is -2.28. The van der Waals surface area contributed by atoms with E-state index in [2.05, 4.69) is 41.9 Å². The Morgan fingerprint density at radius 3 is 2.43 bits per heavy atom. The summed E-state index contributed by atoms with van der Waals surface area (Å²) >= 11 is 0. The predicted molar refractivity (Wildman–Crippen MR) is 179 cm³/mol. The average molecular weight is 595 g/mol. The van der Waals surface area contributed by atoms with Crippen LogP contribution in [0.4, 0.5) is 10.5 Å². The summed E-state index contributed by atoms with van der Waals surface area (Å²) in [6.07, 6.45) is 11.7. The van der Waals surface area contributed by atoms with E-state index in [1.165, 1.54) is 19.3 Å². The zero-order valence-electron chi connectivity index (χ0n) is 26.4. The number of benzene rings is 3. The second-order valence-corrected chi connectivity index (χ2v) is 12.1. The van der Waals surface area contributed by atoms with E-state index in [9.17, 15) is 14.7 Å². The fourth-order valence-corrected chi connectivity index (χ4v) is 6.43. The number of unbranched alkanes of at least 4 members (excludes halogenated alkanes) is 3. The van der Waals surface area contributed by atoms with E-state index in [0.29, 0.717) is 17.7 Å². The summed E-state index contributed by atoms with van der Waals surface area (Å²) in [7, 11) is 0. The monoisotopic (exact) mass is 594 g/mol. The number of aromatic carboxylic acids is 1. The lowest BCUT2D eigenvalue weighted by Crippen LogP contribution is -2.46. The number of carboxylic acids is 1. The largest absolute Gasteiger partial charge is 0.478 e. The molecule has 44 heavy (non-hydrogen) atoms. The van der Waals surface area contributed by atoms with Gasteiger partial charge in [0.25, 0.3) is 0 Å². The number of urea groups is 1. The molecule has 2 amide bonds. The van der Waals surface area contributed by atoms with E-state index in [0.717, 1.165) is 90.7 Å². The van der Waals surface area contributed by atoms with E-state index in [-0.39, 0.29) is 12.1 Å². The Kier molecular flexibility index (Phi) is 10.4. The highest BCUT2D eigenvalue weighted by molar-refractivity contribution is 5.97. The van der Waals surface area contributed by atoms with Crippen LogP contribution in [-0.2, 0) is 6.42 Å². The van der Waals surface area contributed by atoms with Crippen molar-refractivity contribution in [1.29, 1.82) is 0 Å². The molecule has 0 spiro atoms. The smallest absolute Gasteiger partial charge is 0.336 e. The first-order chi connectivity index (χ1) is 21.4. The van der Waals surface area contributed by atoms with Crippen molar-refractivity contribution in [2.45, 2.75) is 97.4 Å². The molecule has 7 nitrogen and oxygen atoms in total. The highest BCUT2D eigenvalue weighted by Crippen LogP contribution is 2.32. The van der Waals surface area contributed by atoms with Crippen LogP contribution in [0.2, 0.25) is 0 Å². The summed E-state index contributed by atoms with van der Waals surface area (Å²) in [6, 6.07) is 19.8. The van der Waals surface area contributed by atoms with Gasteiger partial charge in [-0.3, -0.25) is 9.47 Å². The lowest BCUT2D eigenvalue weighted by atomic mass is 9.95. The van der Waals surface area contributed by atoms with Crippen LogP contribution in [0.1, 0.15) is 99.8 Å². The Morgan fingerprint density at radius 2 is 1.70 bits per heavy atom. The number of amides is 2. The molecule has 0 saturated heterocycles. The van der Waals surface area contributed by atoms with Gasteiger partial charge in [0.2, 0.25) is 0 Å². The van der Waals surface area contributed by atoms with Crippen molar-refractivity contribution in [1.82, 2.24) is 14.9 Å². The first-order valence-electron chi connectivity index (χ1n) is 16.4. The minimum atomic E-state index is -0.935. The maximum Gasteiger partial charge on any atom is 0.336 e. The molecular formula is C37H46N4O3. The Hall–Kier alpha value is -4.13. The second kappa shape index (κ2) is 14.6. The third-order valence-corrected chi connectivity index (χ3v) is 8.85. The van der Waals surface area contributed by atoms with Gasteiger partial charge in [-0.05, 0) is 85.7 Å². The van der Waals surface area contributed by atoms with Crippen LogP contribution in [0.15, 0.2) is 60.7 Å². The molecule has 1 saturated carbocycles. The number of imidazole rings is 1. The molecule has 1 aliphatic rings. The molecular weight excluding hydrogens is 548 g/mol. The number of fused-ring (bicyclic) bond motifs is 1. The average Bonchev–Trinajstić information content (AvgIpc) is 3.40. The van der Waals surface area contributed by atoms with E-state index >= 15 is 0 Å². The van der Waals surface area contributed by atoms with E-state index in [4.69, 9.17) is 4.98 Å². The minimum Gasteiger partial charge on any atom is -0.478 e. The molecule has 3 aromatic carbocycles. The number of anilines is 1. The quantitative estimate of drug-likeness (QED) is 0.160. The topological polar surface area (TPSA) is 87.5 Å². The Balaban J connectivity index is 1.56. The maximum absolute atomic E-state index is 13.7. The Morgan fingerprint density at radius 1 is 0.932 bits per heavy atom. The van der Waals surface area contributed by atoms with Gasteiger partial charge in [0, 0.05) is 30.4 Å². The standard InChI is InChI=1S/C37H46N4O3/c1-4-6-13-23-40(37(44)38-27-14-9-8-10-15-27)28-20-22-33-34(25-28)41(35(39-33)18-7-5-2)29-19-21-30(26(3)24-29)31-16-11-12-17-32(31)36(42)43/h11-12,16-17,19-22,24-25,27H,4-10,13-15,18,23H2,1-3H3,(H,38,44)(H,42,43). The molecule has 1 aliphatic carbocycles. The number of rotatable bonds is 12. The van der Waals surface area contributed by atoms with E-state index in [1.807, 2.05) is 42.2 Å². The number of nitrogens with zero attached hydrogens (tertiary/aromatic N) is 3. The lowest BCUT2D eigenvalue weighted by molar-refractivity contribution is 0.0697. The van der Waals surface area contributed by atoms with Crippen molar-refractivity contribution in [2.75, 3.05) is 11.4 Å². The van der Waals surface area contributed by atoms with Gasteiger partial charge in [-0.2, -0.15) is 0 Å². The van der Waals surface area contributed by atoms with Gasteiger partial charge < -0.3 is 10.4 Å². The first kappa shape index (κ1) is 31.3. The van der Waals surface area contributed by atoms with Gasteiger partial charge in [-0.15, -0.1) is 0 Å². The van der Waals surface area contributed by atoms with Gasteiger partial charge in [-0.1, -0.05) is 76.6 Å². The zero-order valence-corrected chi connectivity index (χ0v) is 26.4. The van der Waals surface area contributed by atoms with Gasteiger partial charge in [0.15, 0.2) is 0 Å². The van der Waals surface area contributed by atoms with Crippen molar-refractivity contribution in [3.05, 3.63) is 77.6 Å². The predicted octanol–water partition coefficient (Wildman–Crippen LogP) is 9.08. The van der Waals surface area contributed by atoms with Crippen molar-refractivity contribution >= 4 is 28.7 Å². The molecule has 1 heterocycles. The number of carbonyl (C=O) groups excluding carboxylic acids is 1. The number of aryl methyl sites for hydroxylation is 2. The van der Waals surface area contributed by atoms with Crippen LogP contribution in [-0.4, -0.2) is 39.2 Å². The summed E-state index contributed by atoms with van der Waals surface area (Å²) in [4.78, 5) is 32.6. The molecule has 0 aliphatic heterocycles. The van der Waals surface area contributed by atoms with Gasteiger partial charge in [0.1, 0.15) is 5.82 Å². The van der Waals surface area contributed by atoms with Crippen LogP contribution < -0.4 is 10.2 Å². The van der Waals surface area contributed by atoms with Gasteiger partial charge in [-0.25, -0.2) is 14.6 Å². The minimum absolute atomic E-state index is 0.0121. The second-order valence-electron chi connectivity index (χ2n) is 12.1. The molecule has 0 atom stereocenters. The molecule has 7 heteroatoms. The fourth-order valence-electron chi connectivity index (χ4n) is 6.43. The molecule has 1 fully saturated rings. The van der Waals surface area contributed by atoms with Crippen molar-refractivity contribution in [3.8, 4) is 16.8 Å². The molecule has 5 rings (SSSR count). The van der Waals surface area contributed by atoms with Crippen LogP contribution in [0.25, 0.3) is 27.8 Å². The normalized spacial score (nSPS) is 13.7. The summed E-state index contributed by atoms with van der Waals surface area (Å²) in [6.45, 7) is 7.07. The summed E-state index contributed by atoms with van der Waals surface area (Å²) in [5.41, 5.74) is 6.62. The summed E-state index contributed by atoms with van der Waals surface area (Å²) in [5.74, 6) is 0.0522. The number of nitrogens with one attached hydrogen (secondary N) is 1. The number of hydrogen-bond acceptors (Lipinski definition) is 3. The van der Waals surface area contributed by atoms with E-state index in [1.54, 1.807) is 12.1 Å². The van der Waals surface area contributed by atoms with Crippen molar-refractivity contribution in [3.63, 3.8) is 0 Å². The molecule has 1 aromatic heterocycles. The van der Waals surface area contributed by atoms with Gasteiger partial charge in [0.05, 0.1) is 16.6 Å². The maximum atomic E-state index is 13.7. The van der Waals surface area contributed by atoms with Gasteiger partial charge >= 0.3 is 12.0 Å². The Labute approximate surface area is 261 Å². The van der Waals surface area contributed by atoms with Crippen LogP contribution >= 0.6 is 0 Å². The molecule has 0 radical (unpaired) electrons. The van der Waals surface area contributed by atoms with Crippen LogP contribution in [0.3, 0.4) is 0 Å². The van der Waals surface area contributed by atoms with E-state index < -0.39 is 5.97 Å². The Bertz CT molecular complexity index is 1600. The third-order valence-electron chi connectivity index (χ3n) is 8.85. The molecule has 232 valence electrons. The van der Waals surface area contributed by atoms with Crippen LogP contribution in [0.5, 0.6) is 0 Å². The van der Waals surface area contributed by atoms with Crippen molar-refractivity contribution in [2.24, 2.45) is 0 Å². The first-order valence-corrected chi connectivity index (χ1v) is 16.4. The van der Waals surface area contributed by atoms with Crippen LogP contribution in [0, 0.1) is 6.92 Å². The number of carbonyl (C=O) groups is 2. The summed E-state index contributed by atoms with van der Waals surface area (Å²) < 4.78 is 2.22. The highest BCUT2D eigenvalue weighted by atomic mass is 16.4. The molecule has 2 N–H and O–H groups in total. The number of carboxylic acid groups (broad SMARTS) is 1. The zero-order chi connectivity index (χ0) is 31.1. The summed E-state index contributed by atoms with van der Waals surface area (Å²) in [5, 5.41) is 13.1. The number of hydrogen-bond donors (Lipinski definition) is 2. The third kappa shape index (κ3) is 6.98.